The molecular weight excluding hydrogens is 358 g/mol. The number of hydrogen-bond donors (Lipinski definition) is 1. The first kappa shape index (κ1) is 19.5. The zero-order valence-electron chi connectivity index (χ0n) is 16.6. The Labute approximate surface area is 165 Å². The number of carbonyl (C=O) groups excluding carboxylic acids is 1. The lowest BCUT2D eigenvalue weighted by Gasteiger charge is -2.28. The summed E-state index contributed by atoms with van der Waals surface area (Å²) in [5, 5.41) is 8.72. The van der Waals surface area contributed by atoms with Crippen molar-refractivity contribution in [1.29, 1.82) is 0 Å². The van der Waals surface area contributed by atoms with E-state index in [9.17, 15) is 4.79 Å². The van der Waals surface area contributed by atoms with Crippen molar-refractivity contribution in [1.82, 2.24) is 14.8 Å². The van der Waals surface area contributed by atoms with Gasteiger partial charge in [0.15, 0.2) is 5.78 Å². The summed E-state index contributed by atoms with van der Waals surface area (Å²) in [4.78, 5) is 19.1. The zero-order valence-corrected chi connectivity index (χ0v) is 17.4. The van der Waals surface area contributed by atoms with Crippen molar-refractivity contribution in [2.45, 2.75) is 44.8 Å². The van der Waals surface area contributed by atoms with Crippen LogP contribution >= 0.6 is 11.8 Å². The summed E-state index contributed by atoms with van der Waals surface area (Å²) in [7, 11) is 4.03. The van der Waals surface area contributed by atoms with Gasteiger partial charge in [-0.15, -0.1) is 5.10 Å². The SMILES string of the molecule is CCCCSc1nc2n(n1)C(c1ccc(N(C)C)cc1)C(C(C)=O)=C(C)N2. The molecule has 1 aromatic heterocycles. The van der Waals surface area contributed by atoms with E-state index in [0.29, 0.717) is 5.95 Å². The van der Waals surface area contributed by atoms with E-state index < -0.39 is 0 Å². The molecule has 0 spiro atoms. The molecule has 1 unspecified atom stereocenters. The number of thioether (sulfide) groups is 1. The van der Waals surface area contributed by atoms with Gasteiger partial charge in [0.05, 0.1) is 0 Å². The van der Waals surface area contributed by atoms with Crippen LogP contribution in [0.3, 0.4) is 0 Å². The standard InChI is InChI=1S/C20H27N5OS/c1-6-7-12-27-20-22-19-21-13(2)17(14(3)26)18(25(19)23-20)15-8-10-16(11-9-15)24(4)5/h8-11,18H,6-7,12H2,1-5H3,(H,21,22,23). The maximum absolute atomic E-state index is 12.4. The molecule has 0 aliphatic carbocycles. The monoisotopic (exact) mass is 385 g/mol. The molecule has 1 N–H and O–H groups in total. The molecule has 7 heteroatoms. The minimum Gasteiger partial charge on any atom is -0.378 e. The average Bonchev–Trinajstić information content (AvgIpc) is 3.02. The van der Waals surface area contributed by atoms with E-state index in [1.165, 1.54) is 0 Å². The first-order chi connectivity index (χ1) is 12.9. The third kappa shape index (κ3) is 4.03. The number of ketones is 1. The molecular formula is C20H27N5OS. The largest absolute Gasteiger partial charge is 0.378 e. The van der Waals surface area contributed by atoms with Crippen LogP contribution in [0.25, 0.3) is 0 Å². The quantitative estimate of drug-likeness (QED) is 0.571. The molecule has 2 heterocycles. The molecule has 1 aromatic carbocycles. The zero-order chi connectivity index (χ0) is 19.6. The predicted octanol–water partition coefficient (Wildman–Crippen LogP) is 4.11. The van der Waals surface area contributed by atoms with Gasteiger partial charge in [-0.25, -0.2) is 4.68 Å². The fourth-order valence-electron chi connectivity index (χ4n) is 3.22. The van der Waals surface area contributed by atoms with E-state index in [0.717, 1.165) is 46.3 Å². The average molecular weight is 386 g/mol. The van der Waals surface area contributed by atoms with Crippen LogP contribution in [0.4, 0.5) is 11.6 Å². The van der Waals surface area contributed by atoms with Crippen LogP contribution in [-0.2, 0) is 4.79 Å². The number of carbonyl (C=O) groups is 1. The van der Waals surface area contributed by atoms with E-state index in [1.807, 2.05) is 25.7 Å². The van der Waals surface area contributed by atoms with Gasteiger partial charge < -0.3 is 10.2 Å². The number of allylic oxidation sites excluding steroid dienone is 2. The van der Waals surface area contributed by atoms with Crippen LogP contribution in [-0.4, -0.2) is 40.4 Å². The number of aromatic nitrogens is 3. The van der Waals surface area contributed by atoms with Crippen LogP contribution in [0.1, 0.15) is 45.2 Å². The molecule has 27 heavy (non-hydrogen) atoms. The van der Waals surface area contributed by atoms with Gasteiger partial charge in [-0.05, 0) is 38.0 Å². The Morgan fingerprint density at radius 3 is 2.59 bits per heavy atom. The second kappa shape index (κ2) is 8.17. The fraction of sp³-hybridized carbons (Fsp3) is 0.450. The Balaban J connectivity index is 2.02. The summed E-state index contributed by atoms with van der Waals surface area (Å²) in [6, 6.07) is 8.01. The normalized spacial score (nSPS) is 16.1. The predicted molar refractivity (Wildman–Crippen MR) is 112 cm³/mol. The summed E-state index contributed by atoms with van der Waals surface area (Å²) in [5.41, 5.74) is 3.72. The minimum atomic E-state index is -0.261. The lowest BCUT2D eigenvalue weighted by Crippen LogP contribution is -2.27. The Morgan fingerprint density at radius 2 is 2.00 bits per heavy atom. The number of unbranched alkanes of at least 4 members (excludes halogenated alkanes) is 1. The van der Waals surface area contributed by atoms with Gasteiger partial charge in [0.2, 0.25) is 11.1 Å². The van der Waals surface area contributed by atoms with Gasteiger partial charge in [-0.1, -0.05) is 37.2 Å². The Hall–Kier alpha value is -2.28. The summed E-state index contributed by atoms with van der Waals surface area (Å²) in [6.45, 7) is 5.72. The van der Waals surface area contributed by atoms with Crippen molar-refractivity contribution in [2.24, 2.45) is 0 Å². The summed E-state index contributed by atoms with van der Waals surface area (Å²) in [5.74, 6) is 1.73. The first-order valence-corrected chi connectivity index (χ1v) is 10.3. The lowest BCUT2D eigenvalue weighted by atomic mass is 9.93. The highest BCUT2D eigenvalue weighted by Gasteiger charge is 2.32. The number of nitrogens with zero attached hydrogens (tertiary/aromatic N) is 4. The van der Waals surface area contributed by atoms with E-state index in [2.05, 4.69) is 46.4 Å². The number of benzene rings is 1. The van der Waals surface area contributed by atoms with Crippen LogP contribution in [0.5, 0.6) is 0 Å². The van der Waals surface area contributed by atoms with Crippen molar-refractivity contribution in [3.8, 4) is 0 Å². The molecule has 0 saturated heterocycles. The van der Waals surface area contributed by atoms with E-state index in [4.69, 9.17) is 5.10 Å². The number of nitrogens with one attached hydrogen (secondary N) is 1. The molecule has 1 atom stereocenters. The van der Waals surface area contributed by atoms with Crippen molar-refractivity contribution >= 4 is 29.2 Å². The molecule has 0 amide bonds. The molecule has 1 aliphatic heterocycles. The maximum atomic E-state index is 12.4. The lowest BCUT2D eigenvalue weighted by molar-refractivity contribution is -0.114. The summed E-state index contributed by atoms with van der Waals surface area (Å²) >= 11 is 1.66. The van der Waals surface area contributed by atoms with Crippen LogP contribution in [0, 0.1) is 0 Å². The Morgan fingerprint density at radius 1 is 1.30 bits per heavy atom. The van der Waals surface area contributed by atoms with Gasteiger partial charge in [-0.3, -0.25) is 4.79 Å². The number of rotatable bonds is 7. The highest BCUT2D eigenvalue weighted by atomic mass is 32.2. The molecule has 0 radical (unpaired) electrons. The van der Waals surface area contributed by atoms with Gasteiger partial charge in [0.25, 0.3) is 0 Å². The van der Waals surface area contributed by atoms with Crippen LogP contribution in [0.2, 0.25) is 0 Å². The van der Waals surface area contributed by atoms with E-state index in [1.54, 1.807) is 18.7 Å². The topological polar surface area (TPSA) is 63.1 Å². The molecule has 0 saturated carbocycles. The van der Waals surface area contributed by atoms with Crippen LogP contribution in [0.15, 0.2) is 40.7 Å². The van der Waals surface area contributed by atoms with Crippen molar-refractivity contribution < 1.29 is 4.79 Å². The molecule has 6 nitrogen and oxygen atoms in total. The van der Waals surface area contributed by atoms with Gasteiger partial charge in [-0.2, -0.15) is 4.98 Å². The van der Waals surface area contributed by atoms with Gasteiger partial charge >= 0.3 is 0 Å². The Bertz CT molecular complexity index is 854. The number of Topliss-reactive ketones (excluding diaryl/α,β-unsaturated/α-hetero) is 1. The van der Waals surface area contributed by atoms with Gasteiger partial charge in [0, 0.05) is 36.8 Å². The van der Waals surface area contributed by atoms with Crippen LogP contribution < -0.4 is 10.2 Å². The highest BCUT2D eigenvalue weighted by Crippen LogP contribution is 2.37. The smallest absolute Gasteiger partial charge is 0.227 e. The molecule has 3 rings (SSSR count). The van der Waals surface area contributed by atoms with Crippen molar-refractivity contribution in [3.63, 3.8) is 0 Å². The second-order valence-electron chi connectivity index (χ2n) is 6.97. The minimum absolute atomic E-state index is 0.0445. The maximum Gasteiger partial charge on any atom is 0.227 e. The third-order valence-corrected chi connectivity index (χ3v) is 5.59. The number of anilines is 2. The summed E-state index contributed by atoms with van der Waals surface area (Å²) < 4.78 is 1.85. The van der Waals surface area contributed by atoms with E-state index in [-0.39, 0.29) is 11.8 Å². The molecule has 0 bridgehead atoms. The molecule has 2 aromatic rings. The first-order valence-electron chi connectivity index (χ1n) is 9.27. The number of fused-ring (bicyclic) bond motifs is 1. The molecule has 1 aliphatic rings. The van der Waals surface area contributed by atoms with E-state index >= 15 is 0 Å². The second-order valence-corrected chi connectivity index (χ2v) is 8.03. The summed E-state index contributed by atoms with van der Waals surface area (Å²) in [6.07, 6.45) is 2.28. The fourth-order valence-corrected chi connectivity index (χ4v) is 4.13. The highest BCUT2D eigenvalue weighted by molar-refractivity contribution is 7.99. The Kier molecular flexibility index (Phi) is 5.89. The van der Waals surface area contributed by atoms with Crippen molar-refractivity contribution in [3.05, 3.63) is 41.1 Å². The third-order valence-electron chi connectivity index (χ3n) is 4.67. The van der Waals surface area contributed by atoms with Crippen molar-refractivity contribution in [2.75, 3.05) is 30.1 Å². The number of hydrogen-bond acceptors (Lipinski definition) is 6. The van der Waals surface area contributed by atoms with Gasteiger partial charge in [0.1, 0.15) is 6.04 Å². The molecule has 0 fully saturated rings. The molecule has 144 valence electrons.